The number of aliphatic hydroxyl groups is 2. The molecule has 1 atom stereocenters. The topological polar surface area (TPSA) is 98.7 Å². The molecule has 0 heterocycles. The fourth-order valence-electron chi connectivity index (χ4n) is 1.59. The zero-order valence-electron chi connectivity index (χ0n) is 11.6. The molecule has 0 aliphatic heterocycles. The van der Waals surface area contributed by atoms with Crippen molar-refractivity contribution < 1.29 is 19.8 Å². The number of hydrogen-bond acceptors (Lipinski definition) is 4. The molecule has 1 rings (SSSR count). The van der Waals surface area contributed by atoms with Crippen LogP contribution in [0.5, 0.6) is 0 Å². The summed E-state index contributed by atoms with van der Waals surface area (Å²) in [5.74, 6) is -0.970. The van der Waals surface area contributed by atoms with Crippen molar-refractivity contribution in [2.24, 2.45) is 0 Å². The van der Waals surface area contributed by atoms with Gasteiger partial charge in [0, 0.05) is 19.6 Å². The molecule has 2 amide bonds. The highest BCUT2D eigenvalue weighted by Crippen LogP contribution is 1.97. The van der Waals surface area contributed by atoms with Crippen LogP contribution >= 0.6 is 12.4 Å². The summed E-state index contributed by atoms with van der Waals surface area (Å²) < 4.78 is 0. The first-order valence-electron chi connectivity index (χ1n) is 6.50. The summed E-state index contributed by atoms with van der Waals surface area (Å²) >= 11 is 0. The average Bonchev–Trinajstić information content (AvgIpc) is 2.46. The number of amides is 2. The van der Waals surface area contributed by atoms with Crippen LogP contribution in [0.4, 0.5) is 0 Å². The Morgan fingerprint density at radius 2 is 1.81 bits per heavy atom. The van der Waals surface area contributed by atoms with Gasteiger partial charge in [-0.05, 0) is 12.0 Å². The first-order chi connectivity index (χ1) is 9.63. The van der Waals surface area contributed by atoms with Crippen LogP contribution in [-0.4, -0.2) is 47.8 Å². The molecule has 7 heteroatoms. The third-order valence-corrected chi connectivity index (χ3v) is 2.71. The highest BCUT2D eigenvalue weighted by atomic mass is 35.5. The van der Waals surface area contributed by atoms with Crippen LogP contribution in [0.1, 0.15) is 12.0 Å². The Bertz CT molecular complexity index is 428. The molecular weight excluding hydrogens is 296 g/mol. The summed E-state index contributed by atoms with van der Waals surface area (Å²) in [6.45, 7) is 0.0197. The fraction of sp³-hybridized carbons (Fsp3) is 0.429. The van der Waals surface area contributed by atoms with E-state index in [0.29, 0.717) is 13.0 Å². The van der Waals surface area contributed by atoms with Crippen molar-refractivity contribution in [3.63, 3.8) is 0 Å². The number of carbonyl (C=O) groups excluding carboxylic acids is 2. The van der Waals surface area contributed by atoms with Gasteiger partial charge in [0.25, 0.3) is 0 Å². The van der Waals surface area contributed by atoms with Crippen LogP contribution in [-0.2, 0) is 16.0 Å². The highest BCUT2D eigenvalue weighted by molar-refractivity contribution is 5.86. The van der Waals surface area contributed by atoms with Crippen molar-refractivity contribution in [2.45, 2.75) is 18.9 Å². The molecule has 0 bridgehead atoms. The minimum atomic E-state index is -1.28. The van der Waals surface area contributed by atoms with E-state index in [1.807, 2.05) is 30.3 Å². The minimum absolute atomic E-state index is 0. The average molecular weight is 317 g/mol. The fourth-order valence-corrected chi connectivity index (χ4v) is 1.59. The second-order valence-corrected chi connectivity index (χ2v) is 4.33. The van der Waals surface area contributed by atoms with E-state index < -0.39 is 12.0 Å². The van der Waals surface area contributed by atoms with Crippen molar-refractivity contribution >= 4 is 24.2 Å². The van der Waals surface area contributed by atoms with Crippen LogP contribution in [0.25, 0.3) is 0 Å². The molecule has 0 radical (unpaired) electrons. The van der Waals surface area contributed by atoms with Gasteiger partial charge in [-0.3, -0.25) is 9.59 Å². The second kappa shape index (κ2) is 11.1. The van der Waals surface area contributed by atoms with Crippen LogP contribution in [0.2, 0.25) is 0 Å². The maximum Gasteiger partial charge on any atom is 0.249 e. The predicted octanol–water partition coefficient (Wildman–Crippen LogP) is -0.373. The van der Waals surface area contributed by atoms with Crippen LogP contribution < -0.4 is 10.6 Å². The Balaban J connectivity index is 0.00000400. The van der Waals surface area contributed by atoms with E-state index in [1.54, 1.807) is 0 Å². The third kappa shape index (κ3) is 8.29. The van der Waals surface area contributed by atoms with Gasteiger partial charge in [0.05, 0.1) is 6.54 Å². The quantitative estimate of drug-likeness (QED) is 0.526. The van der Waals surface area contributed by atoms with Crippen molar-refractivity contribution in [3.05, 3.63) is 35.9 Å². The van der Waals surface area contributed by atoms with Crippen LogP contribution in [0.3, 0.4) is 0 Å². The van der Waals surface area contributed by atoms with Crippen molar-refractivity contribution in [1.29, 1.82) is 0 Å². The number of hydrogen-bond donors (Lipinski definition) is 4. The minimum Gasteiger partial charge on any atom is -0.396 e. The number of nitrogens with one attached hydrogen (secondary N) is 2. The van der Waals surface area contributed by atoms with Gasteiger partial charge in [-0.15, -0.1) is 12.4 Å². The van der Waals surface area contributed by atoms with Gasteiger partial charge >= 0.3 is 0 Å². The number of aliphatic hydroxyl groups excluding tert-OH is 2. The molecule has 0 fully saturated rings. The zero-order chi connectivity index (χ0) is 14.8. The lowest BCUT2D eigenvalue weighted by molar-refractivity contribution is -0.132. The lowest BCUT2D eigenvalue weighted by atomic mass is 10.1. The normalized spacial score (nSPS) is 11.1. The predicted molar refractivity (Wildman–Crippen MR) is 81.1 cm³/mol. The largest absolute Gasteiger partial charge is 0.396 e. The zero-order valence-corrected chi connectivity index (χ0v) is 12.4. The molecule has 0 saturated carbocycles. The Kier molecular flexibility index (Phi) is 10.2. The molecule has 0 spiro atoms. The Morgan fingerprint density at radius 3 is 2.43 bits per heavy atom. The molecule has 1 unspecified atom stereocenters. The summed E-state index contributed by atoms with van der Waals surface area (Å²) in [4.78, 5) is 22.7. The Hall–Kier alpha value is -1.63. The number of rotatable bonds is 8. The van der Waals surface area contributed by atoms with Crippen molar-refractivity contribution in [2.75, 3.05) is 19.7 Å². The Labute approximate surface area is 130 Å². The molecule has 1 aromatic carbocycles. The molecule has 0 aliphatic rings. The van der Waals surface area contributed by atoms with Gasteiger partial charge in [0.1, 0.15) is 6.10 Å². The molecule has 4 N–H and O–H groups in total. The molecule has 21 heavy (non-hydrogen) atoms. The summed E-state index contributed by atoms with van der Waals surface area (Å²) in [5.41, 5.74) is 1.12. The first-order valence-corrected chi connectivity index (χ1v) is 6.50. The third-order valence-electron chi connectivity index (χ3n) is 2.71. The van der Waals surface area contributed by atoms with Gasteiger partial charge in [-0.2, -0.15) is 0 Å². The van der Waals surface area contributed by atoms with Crippen LogP contribution in [0.15, 0.2) is 30.3 Å². The lowest BCUT2D eigenvalue weighted by Crippen LogP contribution is -2.42. The molecule has 1 aromatic rings. The van der Waals surface area contributed by atoms with E-state index in [9.17, 15) is 14.7 Å². The van der Waals surface area contributed by atoms with E-state index in [2.05, 4.69) is 10.6 Å². The molecule has 6 nitrogen and oxygen atoms in total. The maximum atomic E-state index is 11.5. The smallest absolute Gasteiger partial charge is 0.249 e. The van der Waals surface area contributed by atoms with E-state index in [0.717, 1.165) is 5.56 Å². The maximum absolute atomic E-state index is 11.5. The summed E-state index contributed by atoms with van der Waals surface area (Å²) in [5, 5.41) is 22.8. The van der Waals surface area contributed by atoms with Crippen molar-refractivity contribution in [3.8, 4) is 0 Å². The summed E-state index contributed by atoms with van der Waals surface area (Å²) in [6.07, 6.45) is -0.605. The SMILES string of the molecule is Cl.O=C(CNC(=O)C(O)CCO)NCCc1ccccc1. The van der Waals surface area contributed by atoms with E-state index in [1.165, 1.54) is 0 Å². The number of halogens is 1. The Morgan fingerprint density at radius 1 is 1.14 bits per heavy atom. The van der Waals surface area contributed by atoms with Gasteiger partial charge in [-0.1, -0.05) is 30.3 Å². The molecule has 118 valence electrons. The van der Waals surface area contributed by atoms with E-state index in [-0.39, 0.29) is 37.9 Å². The monoisotopic (exact) mass is 316 g/mol. The van der Waals surface area contributed by atoms with Crippen molar-refractivity contribution in [1.82, 2.24) is 10.6 Å². The first kappa shape index (κ1) is 19.4. The molecule has 0 saturated heterocycles. The number of carbonyl (C=O) groups is 2. The summed E-state index contributed by atoms with van der Waals surface area (Å²) in [7, 11) is 0. The second-order valence-electron chi connectivity index (χ2n) is 4.33. The van der Waals surface area contributed by atoms with E-state index in [4.69, 9.17) is 5.11 Å². The standard InChI is InChI=1S/C14H20N2O4.ClH/c17-9-7-12(18)14(20)16-10-13(19)15-8-6-11-4-2-1-3-5-11;/h1-5,12,17-18H,6-10H2,(H,15,19)(H,16,20);1H. The van der Waals surface area contributed by atoms with E-state index >= 15 is 0 Å². The molecular formula is C14H21ClN2O4. The van der Waals surface area contributed by atoms with Gasteiger partial charge in [0.15, 0.2) is 0 Å². The summed E-state index contributed by atoms with van der Waals surface area (Å²) in [6, 6.07) is 9.73. The lowest BCUT2D eigenvalue weighted by Gasteiger charge is -2.10. The number of benzene rings is 1. The van der Waals surface area contributed by atoms with Crippen LogP contribution in [0, 0.1) is 0 Å². The van der Waals surface area contributed by atoms with Gasteiger partial charge < -0.3 is 20.8 Å². The highest BCUT2D eigenvalue weighted by Gasteiger charge is 2.14. The van der Waals surface area contributed by atoms with Gasteiger partial charge in [-0.25, -0.2) is 0 Å². The molecule has 0 aromatic heterocycles. The molecule has 0 aliphatic carbocycles. The van der Waals surface area contributed by atoms with Gasteiger partial charge in [0.2, 0.25) is 11.8 Å².